The quantitative estimate of drug-likeness (QED) is 0.550. The summed E-state index contributed by atoms with van der Waals surface area (Å²) >= 11 is 3.97. The minimum atomic E-state index is -0.228. The maximum absolute atomic E-state index is 12.2. The van der Waals surface area contributed by atoms with Crippen LogP contribution in [0.1, 0.15) is 29.4 Å². The van der Waals surface area contributed by atoms with Gasteiger partial charge in [-0.1, -0.05) is 18.2 Å². The smallest absolute Gasteiger partial charge is 0.262 e. The summed E-state index contributed by atoms with van der Waals surface area (Å²) in [5.41, 5.74) is 1.95. The number of nitriles is 1. The number of unbranched alkanes of at least 4 members (excludes halogenated alkanes) is 1. The van der Waals surface area contributed by atoms with Crippen LogP contribution in [0.3, 0.4) is 0 Å². The molecule has 1 saturated heterocycles. The molecule has 0 bridgehead atoms. The predicted octanol–water partition coefficient (Wildman–Crippen LogP) is 5.26. The fraction of sp³-hybridized carbons (Fsp3) is 0.364. The average Bonchev–Trinajstić information content (AvgIpc) is 2.77. The number of rotatable bonds is 9. The molecule has 0 aliphatic carbocycles. The molecule has 7 heteroatoms. The van der Waals surface area contributed by atoms with Gasteiger partial charge in [0.2, 0.25) is 0 Å². The van der Waals surface area contributed by atoms with Gasteiger partial charge in [0.15, 0.2) is 6.61 Å². The second kappa shape index (κ2) is 11.6. The Morgan fingerprint density at radius 2 is 1.90 bits per heavy atom. The topological polar surface area (TPSA) is 71.3 Å². The van der Waals surface area contributed by atoms with Crippen LogP contribution in [0, 0.1) is 11.3 Å². The summed E-state index contributed by atoms with van der Waals surface area (Å²) < 4.78 is 11.7. The summed E-state index contributed by atoms with van der Waals surface area (Å²) in [5.74, 6) is 3.54. The summed E-state index contributed by atoms with van der Waals surface area (Å²) in [6.07, 6.45) is 2.42. The Morgan fingerprint density at radius 1 is 1.10 bits per heavy atom. The molecule has 29 heavy (non-hydrogen) atoms. The lowest BCUT2D eigenvalue weighted by atomic mass is 10.2. The molecule has 1 N–H and O–H groups in total. The summed E-state index contributed by atoms with van der Waals surface area (Å²) in [5, 5.41) is 11.4. The van der Waals surface area contributed by atoms with Gasteiger partial charge in [0.25, 0.3) is 5.91 Å². The number of nitrogens with one attached hydrogen (secondary N) is 1. The first-order valence-corrected chi connectivity index (χ1v) is 11.7. The number of anilines is 1. The Kier molecular flexibility index (Phi) is 8.59. The van der Waals surface area contributed by atoms with Crippen molar-refractivity contribution in [3.8, 4) is 17.6 Å². The molecular formula is C22H24N2O3S2. The lowest BCUT2D eigenvalue weighted by Crippen LogP contribution is -2.20. The maximum atomic E-state index is 12.2. The molecule has 0 atom stereocenters. The van der Waals surface area contributed by atoms with Crippen molar-refractivity contribution in [3.05, 3.63) is 54.1 Å². The van der Waals surface area contributed by atoms with Crippen LogP contribution in [0.5, 0.6) is 11.5 Å². The van der Waals surface area contributed by atoms with Crippen molar-refractivity contribution in [1.82, 2.24) is 0 Å². The molecule has 1 aliphatic rings. The highest BCUT2D eigenvalue weighted by Gasteiger charge is 2.16. The van der Waals surface area contributed by atoms with Crippen molar-refractivity contribution >= 4 is 35.1 Å². The SMILES string of the molecule is N#CCCCOc1cccc(NC(=O)COc2ccc(C3SCCCS3)cc2)c1. The second-order valence-corrected chi connectivity index (χ2v) is 9.20. The highest BCUT2D eigenvalue weighted by Crippen LogP contribution is 2.43. The van der Waals surface area contributed by atoms with Gasteiger partial charge >= 0.3 is 0 Å². The second-order valence-electron chi connectivity index (χ2n) is 6.47. The minimum Gasteiger partial charge on any atom is -0.493 e. The molecule has 0 saturated carbocycles. The summed E-state index contributed by atoms with van der Waals surface area (Å²) in [4.78, 5) is 12.2. The first-order chi connectivity index (χ1) is 14.2. The standard InChI is InChI=1S/C22H24N2O3S2/c23-11-1-2-12-26-20-6-3-5-18(15-20)24-21(25)16-27-19-9-7-17(8-10-19)22-28-13-4-14-29-22/h3,5-10,15,22H,1-2,4,12-14,16H2,(H,24,25). The largest absolute Gasteiger partial charge is 0.493 e. The van der Waals surface area contributed by atoms with E-state index in [1.54, 1.807) is 12.1 Å². The van der Waals surface area contributed by atoms with Crippen molar-refractivity contribution in [3.63, 3.8) is 0 Å². The van der Waals surface area contributed by atoms with Crippen molar-refractivity contribution in [2.24, 2.45) is 0 Å². The van der Waals surface area contributed by atoms with Gasteiger partial charge in [-0.2, -0.15) is 5.26 Å². The number of benzene rings is 2. The number of hydrogen-bond donors (Lipinski definition) is 1. The van der Waals surface area contributed by atoms with Crippen LogP contribution < -0.4 is 14.8 Å². The molecule has 0 spiro atoms. The van der Waals surface area contributed by atoms with Gasteiger partial charge in [0.05, 0.1) is 17.3 Å². The van der Waals surface area contributed by atoms with E-state index in [1.165, 1.54) is 23.5 Å². The molecule has 1 amide bonds. The summed E-state index contributed by atoms with van der Waals surface area (Å²) in [6, 6.07) is 17.3. The molecule has 0 radical (unpaired) electrons. The maximum Gasteiger partial charge on any atom is 0.262 e. The highest BCUT2D eigenvalue weighted by atomic mass is 32.2. The molecule has 5 nitrogen and oxygen atoms in total. The number of thioether (sulfide) groups is 2. The number of ether oxygens (including phenoxy) is 2. The number of amides is 1. The van der Waals surface area contributed by atoms with Crippen LogP contribution in [0.15, 0.2) is 48.5 Å². The van der Waals surface area contributed by atoms with E-state index in [9.17, 15) is 4.79 Å². The Balaban J connectivity index is 1.44. The number of carbonyl (C=O) groups excluding carboxylic acids is 1. The third-order valence-corrected chi connectivity index (χ3v) is 7.18. The van der Waals surface area contributed by atoms with Crippen molar-refractivity contribution in [1.29, 1.82) is 5.26 Å². The molecule has 1 fully saturated rings. The van der Waals surface area contributed by atoms with E-state index in [-0.39, 0.29) is 12.5 Å². The van der Waals surface area contributed by atoms with Gasteiger partial charge in [-0.05, 0) is 54.2 Å². The molecule has 0 unspecified atom stereocenters. The zero-order valence-electron chi connectivity index (χ0n) is 16.1. The van der Waals surface area contributed by atoms with E-state index in [0.29, 0.717) is 41.2 Å². The van der Waals surface area contributed by atoms with Crippen LogP contribution in [-0.4, -0.2) is 30.6 Å². The van der Waals surface area contributed by atoms with Crippen LogP contribution in [-0.2, 0) is 4.79 Å². The first kappa shape index (κ1) is 21.4. The third-order valence-electron chi connectivity index (χ3n) is 4.17. The number of hydrogen-bond acceptors (Lipinski definition) is 6. The predicted molar refractivity (Wildman–Crippen MR) is 120 cm³/mol. The Bertz CT molecular complexity index is 831. The monoisotopic (exact) mass is 428 g/mol. The Morgan fingerprint density at radius 3 is 2.66 bits per heavy atom. The van der Waals surface area contributed by atoms with E-state index >= 15 is 0 Å². The molecule has 2 aromatic carbocycles. The minimum absolute atomic E-state index is 0.0560. The van der Waals surface area contributed by atoms with Gasteiger partial charge in [-0.15, -0.1) is 23.5 Å². The van der Waals surface area contributed by atoms with Crippen molar-refractivity contribution in [2.75, 3.05) is 30.0 Å². The normalized spacial score (nSPS) is 14.0. The van der Waals surface area contributed by atoms with E-state index in [1.807, 2.05) is 47.8 Å². The van der Waals surface area contributed by atoms with Crippen molar-refractivity contribution < 1.29 is 14.3 Å². The van der Waals surface area contributed by atoms with Gasteiger partial charge in [-0.25, -0.2) is 0 Å². The molecule has 1 heterocycles. The summed E-state index contributed by atoms with van der Waals surface area (Å²) in [7, 11) is 0. The van der Waals surface area contributed by atoms with E-state index < -0.39 is 0 Å². The zero-order chi connectivity index (χ0) is 20.3. The first-order valence-electron chi connectivity index (χ1n) is 9.60. The lowest BCUT2D eigenvalue weighted by molar-refractivity contribution is -0.118. The van der Waals surface area contributed by atoms with E-state index in [2.05, 4.69) is 23.5 Å². The van der Waals surface area contributed by atoms with E-state index in [0.717, 1.165) is 0 Å². The lowest BCUT2D eigenvalue weighted by Gasteiger charge is -2.21. The fourth-order valence-corrected chi connectivity index (χ4v) is 5.65. The van der Waals surface area contributed by atoms with E-state index in [4.69, 9.17) is 14.7 Å². The third kappa shape index (κ3) is 7.22. The molecule has 2 aromatic rings. The summed E-state index contributed by atoms with van der Waals surface area (Å²) in [6.45, 7) is 0.418. The van der Waals surface area contributed by atoms with Crippen molar-refractivity contribution in [2.45, 2.75) is 23.8 Å². The molecule has 152 valence electrons. The number of carbonyl (C=O) groups is 1. The zero-order valence-corrected chi connectivity index (χ0v) is 17.8. The van der Waals surface area contributed by atoms with Gasteiger partial charge < -0.3 is 14.8 Å². The van der Waals surface area contributed by atoms with Crippen LogP contribution in [0.2, 0.25) is 0 Å². The Labute approximate surface area is 180 Å². The molecule has 3 rings (SSSR count). The number of nitrogens with zero attached hydrogens (tertiary/aromatic N) is 1. The van der Waals surface area contributed by atoms with Crippen LogP contribution >= 0.6 is 23.5 Å². The molecule has 1 aliphatic heterocycles. The fourth-order valence-electron chi connectivity index (χ4n) is 2.75. The Hall–Kier alpha value is -2.30. The van der Waals surface area contributed by atoms with Gasteiger partial charge in [0, 0.05) is 18.2 Å². The highest BCUT2D eigenvalue weighted by molar-refractivity contribution is 8.16. The molecule has 0 aromatic heterocycles. The average molecular weight is 429 g/mol. The van der Waals surface area contributed by atoms with Gasteiger partial charge in [-0.3, -0.25) is 4.79 Å². The van der Waals surface area contributed by atoms with Gasteiger partial charge in [0.1, 0.15) is 11.5 Å². The van der Waals surface area contributed by atoms with Crippen LogP contribution in [0.25, 0.3) is 0 Å². The van der Waals surface area contributed by atoms with Crippen LogP contribution in [0.4, 0.5) is 5.69 Å². The molecular weight excluding hydrogens is 404 g/mol.